The van der Waals surface area contributed by atoms with Gasteiger partial charge in [0.15, 0.2) is 0 Å². The van der Waals surface area contributed by atoms with Crippen LogP contribution < -0.4 is 0 Å². The van der Waals surface area contributed by atoms with Gasteiger partial charge in [0.05, 0.1) is 12.2 Å². The van der Waals surface area contributed by atoms with Gasteiger partial charge in [-0.05, 0) is 31.1 Å². The molecule has 15 heavy (non-hydrogen) atoms. The van der Waals surface area contributed by atoms with Gasteiger partial charge < -0.3 is 4.90 Å². The third-order valence-electron chi connectivity index (χ3n) is 2.50. The summed E-state index contributed by atoms with van der Waals surface area (Å²) in [5.41, 5.74) is 0.930. The molecule has 0 bridgehead atoms. The first-order valence-corrected chi connectivity index (χ1v) is 5.14. The molecule has 3 heteroatoms. The molecule has 1 amide bonds. The summed E-state index contributed by atoms with van der Waals surface area (Å²) in [7, 11) is 0. The number of nitrogens with zero attached hydrogens (tertiary/aromatic N) is 2. The molecule has 0 aromatic carbocycles. The van der Waals surface area contributed by atoms with Crippen molar-refractivity contribution in [3.05, 3.63) is 42.7 Å². The zero-order valence-corrected chi connectivity index (χ0v) is 8.60. The Morgan fingerprint density at radius 2 is 2.40 bits per heavy atom. The van der Waals surface area contributed by atoms with Gasteiger partial charge in [-0.2, -0.15) is 0 Å². The van der Waals surface area contributed by atoms with Gasteiger partial charge in [-0.25, -0.2) is 0 Å². The fourth-order valence-corrected chi connectivity index (χ4v) is 1.56. The van der Waals surface area contributed by atoms with E-state index >= 15 is 0 Å². The Morgan fingerprint density at radius 1 is 1.60 bits per heavy atom. The van der Waals surface area contributed by atoms with Crippen molar-refractivity contribution in [1.29, 1.82) is 0 Å². The summed E-state index contributed by atoms with van der Waals surface area (Å²) < 4.78 is 0. The van der Waals surface area contributed by atoms with Crippen LogP contribution in [0.1, 0.15) is 18.5 Å². The minimum absolute atomic E-state index is 0.00292. The van der Waals surface area contributed by atoms with Crippen LogP contribution in [0.2, 0.25) is 0 Å². The summed E-state index contributed by atoms with van der Waals surface area (Å²) in [5, 5.41) is 0. The predicted octanol–water partition coefficient (Wildman–Crippen LogP) is 1.76. The molecule has 0 aliphatic heterocycles. The molecule has 0 N–H and O–H groups in total. The second kappa shape index (κ2) is 4.26. The van der Waals surface area contributed by atoms with Crippen molar-refractivity contribution in [2.45, 2.75) is 25.4 Å². The van der Waals surface area contributed by atoms with Crippen molar-refractivity contribution in [1.82, 2.24) is 9.88 Å². The minimum atomic E-state index is 0.00292. The van der Waals surface area contributed by atoms with E-state index in [0.717, 1.165) is 18.5 Å². The van der Waals surface area contributed by atoms with Crippen molar-refractivity contribution in [2.75, 3.05) is 0 Å². The number of hydrogen-bond acceptors (Lipinski definition) is 2. The van der Waals surface area contributed by atoms with Gasteiger partial charge in [0.2, 0.25) is 5.91 Å². The first-order chi connectivity index (χ1) is 7.31. The third-order valence-corrected chi connectivity index (χ3v) is 2.50. The number of rotatable bonds is 4. The van der Waals surface area contributed by atoms with Gasteiger partial charge in [0, 0.05) is 12.2 Å². The van der Waals surface area contributed by atoms with E-state index in [1.54, 1.807) is 6.20 Å². The van der Waals surface area contributed by atoms with Gasteiger partial charge in [-0.15, -0.1) is 0 Å². The Labute approximate surface area is 89.4 Å². The highest BCUT2D eigenvalue weighted by molar-refractivity contribution is 5.87. The van der Waals surface area contributed by atoms with Crippen molar-refractivity contribution in [2.24, 2.45) is 0 Å². The van der Waals surface area contributed by atoms with E-state index in [1.807, 2.05) is 23.1 Å². The summed E-state index contributed by atoms with van der Waals surface area (Å²) in [6.45, 7) is 4.12. The van der Waals surface area contributed by atoms with Gasteiger partial charge in [-0.1, -0.05) is 12.6 Å². The van der Waals surface area contributed by atoms with Crippen LogP contribution in [-0.4, -0.2) is 21.8 Å². The fraction of sp³-hybridized carbons (Fsp3) is 0.333. The molecule has 78 valence electrons. The van der Waals surface area contributed by atoms with Crippen LogP contribution in [0.15, 0.2) is 37.1 Å². The van der Waals surface area contributed by atoms with Gasteiger partial charge in [0.1, 0.15) is 0 Å². The number of carbonyl (C=O) groups is 1. The van der Waals surface area contributed by atoms with E-state index in [9.17, 15) is 4.79 Å². The molecule has 1 aromatic rings. The average Bonchev–Trinajstić information content (AvgIpc) is 3.10. The second-order valence-electron chi connectivity index (χ2n) is 3.72. The summed E-state index contributed by atoms with van der Waals surface area (Å²) in [5.74, 6) is 0.00292. The Bertz CT molecular complexity index is 357. The molecule has 0 unspecified atom stereocenters. The molecule has 1 aliphatic carbocycles. The summed E-state index contributed by atoms with van der Waals surface area (Å²) in [4.78, 5) is 17.6. The van der Waals surface area contributed by atoms with E-state index in [1.165, 1.54) is 6.08 Å². The van der Waals surface area contributed by atoms with Gasteiger partial charge >= 0.3 is 0 Å². The monoisotopic (exact) mass is 202 g/mol. The SMILES string of the molecule is C=CC(=O)N(Cc1ccccn1)C1CC1. The molecule has 3 nitrogen and oxygen atoms in total. The molecule has 1 aromatic heterocycles. The van der Waals surface area contributed by atoms with E-state index in [4.69, 9.17) is 0 Å². The van der Waals surface area contributed by atoms with Crippen molar-refractivity contribution in [3.8, 4) is 0 Å². The molecular formula is C12H14N2O. The Kier molecular flexibility index (Phi) is 2.81. The summed E-state index contributed by atoms with van der Waals surface area (Å²) >= 11 is 0. The normalized spacial score (nSPS) is 14.7. The Balaban J connectivity index is 2.07. The lowest BCUT2D eigenvalue weighted by molar-refractivity contribution is -0.127. The zero-order chi connectivity index (χ0) is 10.7. The maximum absolute atomic E-state index is 11.6. The summed E-state index contributed by atoms with van der Waals surface area (Å²) in [6, 6.07) is 6.15. The van der Waals surface area contributed by atoms with Crippen LogP contribution in [-0.2, 0) is 11.3 Å². The lowest BCUT2D eigenvalue weighted by Gasteiger charge is -2.19. The first kappa shape index (κ1) is 9.90. The standard InChI is InChI=1S/C12H14N2O/c1-2-12(15)14(11-6-7-11)9-10-5-3-4-8-13-10/h2-5,8,11H,1,6-7,9H2. The third kappa shape index (κ3) is 2.43. The lowest BCUT2D eigenvalue weighted by Crippen LogP contribution is -2.31. The van der Waals surface area contributed by atoms with E-state index in [2.05, 4.69) is 11.6 Å². The second-order valence-corrected chi connectivity index (χ2v) is 3.72. The van der Waals surface area contributed by atoms with Crippen LogP contribution in [0.3, 0.4) is 0 Å². The van der Waals surface area contributed by atoms with Crippen LogP contribution in [0.5, 0.6) is 0 Å². The average molecular weight is 202 g/mol. The zero-order valence-electron chi connectivity index (χ0n) is 8.60. The van der Waals surface area contributed by atoms with E-state index in [-0.39, 0.29) is 5.91 Å². The Morgan fingerprint density at radius 3 is 2.93 bits per heavy atom. The topological polar surface area (TPSA) is 33.2 Å². The number of pyridine rings is 1. The molecule has 1 aliphatic rings. The summed E-state index contributed by atoms with van der Waals surface area (Å²) in [6.07, 6.45) is 5.33. The van der Waals surface area contributed by atoms with E-state index in [0.29, 0.717) is 12.6 Å². The maximum Gasteiger partial charge on any atom is 0.246 e. The highest BCUT2D eigenvalue weighted by Gasteiger charge is 2.31. The molecule has 2 rings (SSSR count). The van der Waals surface area contributed by atoms with Gasteiger partial charge in [-0.3, -0.25) is 9.78 Å². The molecule has 1 heterocycles. The van der Waals surface area contributed by atoms with Crippen LogP contribution >= 0.6 is 0 Å². The van der Waals surface area contributed by atoms with Crippen molar-refractivity contribution < 1.29 is 4.79 Å². The fourth-order valence-electron chi connectivity index (χ4n) is 1.56. The number of carbonyl (C=O) groups excluding carboxylic acids is 1. The van der Waals surface area contributed by atoms with Crippen molar-refractivity contribution >= 4 is 5.91 Å². The maximum atomic E-state index is 11.6. The highest BCUT2D eigenvalue weighted by Crippen LogP contribution is 2.28. The van der Waals surface area contributed by atoms with Crippen molar-refractivity contribution in [3.63, 3.8) is 0 Å². The minimum Gasteiger partial charge on any atom is -0.330 e. The number of amides is 1. The smallest absolute Gasteiger partial charge is 0.246 e. The lowest BCUT2D eigenvalue weighted by atomic mass is 10.3. The molecule has 0 radical (unpaired) electrons. The highest BCUT2D eigenvalue weighted by atomic mass is 16.2. The van der Waals surface area contributed by atoms with Crippen LogP contribution in [0.25, 0.3) is 0 Å². The molecule has 1 fully saturated rings. The number of aromatic nitrogens is 1. The molecule has 0 spiro atoms. The molecule has 0 atom stereocenters. The first-order valence-electron chi connectivity index (χ1n) is 5.14. The quantitative estimate of drug-likeness (QED) is 0.697. The number of hydrogen-bond donors (Lipinski definition) is 0. The largest absolute Gasteiger partial charge is 0.330 e. The Hall–Kier alpha value is -1.64. The van der Waals surface area contributed by atoms with Gasteiger partial charge in [0.25, 0.3) is 0 Å². The van der Waals surface area contributed by atoms with Crippen LogP contribution in [0, 0.1) is 0 Å². The molecule has 1 saturated carbocycles. The van der Waals surface area contributed by atoms with Crippen LogP contribution in [0.4, 0.5) is 0 Å². The van der Waals surface area contributed by atoms with E-state index < -0.39 is 0 Å². The predicted molar refractivity (Wildman–Crippen MR) is 58.0 cm³/mol. The molecule has 0 saturated heterocycles. The molecular weight excluding hydrogens is 188 g/mol.